The van der Waals surface area contributed by atoms with Crippen molar-refractivity contribution in [1.82, 2.24) is 0 Å². The monoisotopic (exact) mass is 497 g/mol. The molecule has 0 aliphatic carbocycles. The van der Waals surface area contributed by atoms with E-state index in [1.54, 1.807) is 44.7 Å². The topological polar surface area (TPSA) is 98.1 Å². The highest BCUT2D eigenvalue weighted by molar-refractivity contribution is 8.29. The number of benzene rings is 1. The van der Waals surface area contributed by atoms with Gasteiger partial charge < -0.3 is 19.6 Å². The minimum atomic E-state index is -5.38. The Bertz CT molecular complexity index is 874. The lowest BCUT2D eigenvalue weighted by Gasteiger charge is -2.48. The maximum atomic E-state index is 13.5. The van der Waals surface area contributed by atoms with Gasteiger partial charge in [0.15, 0.2) is 0 Å². The van der Waals surface area contributed by atoms with E-state index in [4.69, 9.17) is 23.8 Å². The lowest BCUT2D eigenvalue weighted by Crippen LogP contribution is -2.56. The van der Waals surface area contributed by atoms with E-state index in [-0.39, 0.29) is 16.9 Å². The summed E-state index contributed by atoms with van der Waals surface area (Å²) in [5, 5.41) is -1.28. The predicted octanol–water partition coefficient (Wildman–Crippen LogP) is 6.42. The summed E-state index contributed by atoms with van der Waals surface area (Å²) in [6, 6.07) is 5.13. The third kappa shape index (κ3) is 4.59. The Morgan fingerprint density at radius 3 is 1.80 bits per heavy atom. The van der Waals surface area contributed by atoms with Crippen molar-refractivity contribution in [2.24, 2.45) is 11.8 Å². The number of hydrogen-bond acceptors (Lipinski definition) is 3. The Balaban J connectivity index is 4.00. The fourth-order valence-corrected chi connectivity index (χ4v) is 11.1. The van der Waals surface area contributed by atoms with Crippen LogP contribution in [0.3, 0.4) is 0 Å². The summed E-state index contributed by atoms with van der Waals surface area (Å²) in [5.41, 5.74) is 1.49. The number of thiocarbonyl (C=S) groups is 1. The molecule has 0 fully saturated rings. The van der Waals surface area contributed by atoms with Gasteiger partial charge in [-0.05, 0) is 49.3 Å². The van der Waals surface area contributed by atoms with Crippen LogP contribution in [0.4, 0.5) is 5.69 Å². The molecule has 0 radical (unpaired) electrons. The van der Waals surface area contributed by atoms with Gasteiger partial charge in [-0.3, -0.25) is 4.57 Å². The predicted molar refractivity (Wildman–Crippen MR) is 130 cm³/mol. The highest BCUT2D eigenvalue weighted by Gasteiger charge is 2.64. The van der Waals surface area contributed by atoms with Gasteiger partial charge in [0, 0.05) is 16.8 Å². The molecular weight excluding hydrogens is 464 g/mol. The molecule has 3 N–H and O–H groups in total. The van der Waals surface area contributed by atoms with E-state index in [1.165, 1.54) is 0 Å². The van der Waals surface area contributed by atoms with Crippen molar-refractivity contribution in [3.05, 3.63) is 28.8 Å². The quantitative estimate of drug-likeness (QED) is 0.281. The van der Waals surface area contributed by atoms with E-state index >= 15 is 0 Å². The minimum Gasteiger partial charge on any atom is -0.335 e. The van der Waals surface area contributed by atoms with Gasteiger partial charge in [0.05, 0.1) is 4.99 Å². The maximum absolute atomic E-state index is 13.5. The third-order valence-corrected chi connectivity index (χ3v) is 12.6. The summed E-state index contributed by atoms with van der Waals surface area (Å²) in [6.45, 7) is 14.4. The van der Waals surface area contributed by atoms with Crippen molar-refractivity contribution in [3.63, 3.8) is 0 Å². The molecule has 0 saturated carbocycles. The van der Waals surface area contributed by atoms with Crippen molar-refractivity contribution in [1.29, 1.82) is 0 Å². The molecule has 1 atom stereocenters. The van der Waals surface area contributed by atoms with Crippen LogP contribution in [-0.4, -0.2) is 30.9 Å². The second-order valence-corrected chi connectivity index (χ2v) is 15.6. The van der Waals surface area contributed by atoms with Gasteiger partial charge in [0.1, 0.15) is 5.16 Å². The van der Waals surface area contributed by atoms with E-state index in [0.717, 1.165) is 5.56 Å². The average Bonchev–Trinajstić information content (AvgIpc) is 2.52. The van der Waals surface area contributed by atoms with E-state index in [1.807, 2.05) is 33.8 Å². The molecule has 6 nitrogen and oxygen atoms in total. The number of nitrogens with zero attached hydrogens (tertiary/aromatic N) is 1. The zero-order chi connectivity index (χ0) is 23.8. The van der Waals surface area contributed by atoms with Crippen LogP contribution in [-0.2, 0) is 9.13 Å². The smallest absolute Gasteiger partial charge is 0.335 e. The fourth-order valence-electron chi connectivity index (χ4n) is 4.30. The van der Waals surface area contributed by atoms with Crippen LogP contribution in [0, 0.1) is 11.8 Å². The SMILES string of the molecule is CC(C)c1c(Cl)cccc1N(C(=S)C(C(C)C)(C(C)C)P(=O)(O)P(=O)(O)O)C(C)C. The van der Waals surface area contributed by atoms with Gasteiger partial charge >= 0.3 is 14.3 Å². The first-order valence-corrected chi connectivity index (χ1v) is 14.7. The van der Waals surface area contributed by atoms with Gasteiger partial charge in [-0.15, -0.1) is 0 Å². The van der Waals surface area contributed by atoms with Crippen LogP contribution in [0.2, 0.25) is 5.02 Å². The van der Waals surface area contributed by atoms with Crippen molar-refractivity contribution < 1.29 is 23.8 Å². The van der Waals surface area contributed by atoms with Gasteiger partial charge in [-0.1, -0.05) is 71.4 Å². The molecule has 0 spiro atoms. The van der Waals surface area contributed by atoms with Gasteiger partial charge in [-0.25, -0.2) is 4.57 Å². The second-order valence-electron chi connectivity index (χ2n) is 8.79. The highest BCUT2D eigenvalue weighted by Crippen LogP contribution is 2.83. The summed E-state index contributed by atoms with van der Waals surface area (Å²) in [5.74, 6) is -1.19. The maximum Gasteiger partial charge on any atom is 0.408 e. The normalized spacial score (nSPS) is 15.2. The molecule has 0 bridgehead atoms. The van der Waals surface area contributed by atoms with Gasteiger partial charge in [0.25, 0.3) is 0 Å². The summed E-state index contributed by atoms with van der Waals surface area (Å²) >= 11 is 12.3. The molecule has 0 amide bonds. The van der Waals surface area contributed by atoms with Crippen LogP contribution in [0.5, 0.6) is 0 Å². The Morgan fingerprint density at radius 1 is 1.00 bits per heavy atom. The van der Waals surface area contributed by atoms with Crippen molar-refractivity contribution in [2.45, 2.75) is 72.5 Å². The van der Waals surface area contributed by atoms with Crippen LogP contribution in [0.1, 0.15) is 66.9 Å². The lowest BCUT2D eigenvalue weighted by molar-refractivity contribution is 0.333. The molecule has 0 heterocycles. The van der Waals surface area contributed by atoms with Crippen LogP contribution < -0.4 is 4.90 Å². The van der Waals surface area contributed by atoms with Crippen LogP contribution >= 0.6 is 38.2 Å². The summed E-state index contributed by atoms with van der Waals surface area (Å²) in [4.78, 5) is 32.5. The van der Waals surface area contributed by atoms with E-state index in [2.05, 4.69) is 0 Å². The Labute approximate surface area is 190 Å². The van der Waals surface area contributed by atoms with Gasteiger partial charge in [-0.2, -0.15) is 0 Å². The zero-order valence-corrected chi connectivity index (χ0v) is 22.2. The first-order chi connectivity index (χ1) is 13.5. The molecule has 0 aliphatic heterocycles. The molecular formula is C20H34ClNO5P2S. The van der Waals surface area contributed by atoms with Gasteiger partial charge in [0.2, 0.25) is 0 Å². The standard InChI is InChI=1S/C20H34ClNO5P2S/c1-12(2)18-16(21)10-9-11-17(18)22(15(7)8)19(30)20(13(3)4,14(5)6)28(23,24)29(25,26)27/h9-15H,1-8H3,(H,23,24)(H2,25,26,27). The van der Waals surface area contributed by atoms with Crippen molar-refractivity contribution in [2.75, 3.05) is 4.90 Å². The Morgan fingerprint density at radius 2 is 1.47 bits per heavy atom. The molecule has 1 unspecified atom stereocenters. The molecule has 1 rings (SSSR count). The fraction of sp³-hybridized carbons (Fsp3) is 0.650. The molecule has 172 valence electrons. The summed E-state index contributed by atoms with van der Waals surface area (Å²) in [6.07, 6.45) is 0. The first-order valence-electron chi connectivity index (χ1n) is 9.97. The van der Waals surface area contributed by atoms with E-state index in [0.29, 0.717) is 10.7 Å². The number of hydrogen-bond donors (Lipinski definition) is 3. The first kappa shape index (κ1) is 27.8. The number of rotatable bonds is 8. The Kier molecular flexibility index (Phi) is 8.98. The van der Waals surface area contributed by atoms with E-state index < -0.39 is 31.3 Å². The molecule has 30 heavy (non-hydrogen) atoms. The van der Waals surface area contributed by atoms with Crippen molar-refractivity contribution >= 4 is 48.8 Å². The molecule has 0 saturated heterocycles. The molecule has 10 heteroatoms. The Hall–Kier alpha value is -0.260. The number of halogens is 1. The lowest BCUT2D eigenvalue weighted by atomic mass is 9.83. The summed E-state index contributed by atoms with van der Waals surface area (Å²) < 4.78 is 25.7. The second kappa shape index (κ2) is 9.70. The van der Waals surface area contributed by atoms with Crippen molar-refractivity contribution in [3.8, 4) is 0 Å². The molecule has 0 aliphatic rings. The van der Waals surface area contributed by atoms with Crippen LogP contribution in [0.15, 0.2) is 18.2 Å². The van der Waals surface area contributed by atoms with E-state index in [9.17, 15) is 23.8 Å². The molecule has 1 aromatic carbocycles. The largest absolute Gasteiger partial charge is 0.408 e. The number of anilines is 1. The minimum absolute atomic E-state index is 0.0352. The highest BCUT2D eigenvalue weighted by atomic mass is 35.5. The average molecular weight is 498 g/mol. The molecule has 0 aromatic heterocycles. The summed E-state index contributed by atoms with van der Waals surface area (Å²) in [7, 11) is -10.5. The van der Waals surface area contributed by atoms with Crippen LogP contribution in [0.25, 0.3) is 0 Å². The zero-order valence-electron chi connectivity index (χ0n) is 18.8. The third-order valence-electron chi connectivity index (χ3n) is 5.54. The molecule has 1 aromatic rings.